The molecule has 6 heteroatoms. The largest absolute Gasteiger partial charge is 0.497 e. The first kappa shape index (κ1) is 17.8. The van der Waals surface area contributed by atoms with E-state index in [0.717, 1.165) is 43.9 Å². The number of benzene rings is 1. The molecule has 0 atom stereocenters. The van der Waals surface area contributed by atoms with Gasteiger partial charge in [-0.15, -0.1) is 12.4 Å². The molecule has 3 N–H and O–H groups in total. The molecule has 0 saturated carbocycles. The minimum Gasteiger partial charge on any atom is -0.497 e. The Morgan fingerprint density at radius 1 is 1.43 bits per heavy atom. The molecule has 5 nitrogen and oxygen atoms in total. The summed E-state index contributed by atoms with van der Waals surface area (Å²) in [6.45, 7) is 3.10. The Hall–Kier alpha value is -1.30. The maximum absolute atomic E-state index is 12.0. The molecule has 1 amide bonds. The van der Waals surface area contributed by atoms with Gasteiger partial charge in [-0.05, 0) is 50.5 Å². The number of carbonyl (C=O) groups excluding carboxylic acids is 1. The van der Waals surface area contributed by atoms with E-state index >= 15 is 0 Å². The molecule has 0 aromatic heterocycles. The predicted molar refractivity (Wildman–Crippen MR) is 87.1 cm³/mol. The lowest BCUT2D eigenvalue weighted by atomic mass is 9.97. The molecule has 0 radical (unpaired) electrons. The Morgan fingerprint density at radius 2 is 2.14 bits per heavy atom. The van der Waals surface area contributed by atoms with Crippen LogP contribution in [-0.2, 0) is 4.79 Å². The number of piperidine rings is 1. The molecule has 1 saturated heterocycles. The minimum absolute atomic E-state index is 0. The number of nitrogens with zero attached hydrogens (tertiary/aromatic N) is 1. The number of methoxy groups -OCH3 is 1. The minimum atomic E-state index is 0. The molecule has 0 spiro atoms. The number of amides is 1. The molecule has 0 unspecified atom stereocenters. The van der Waals surface area contributed by atoms with Crippen LogP contribution in [0, 0.1) is 5.92 Å². The Kier molecular flexibility index (Phi) is 7.50. The summed E-state index contributed by atoms with van der Waals surface area (Å²) in [4.78, 5) is 14.2. The zero-order valence-corrected chi connectivity index (χ0v) is 13.2. The highest BCUT2D eigenvalue weighted by Gasteiger charge is 2.19. The van der Waals surface area contributed by atoms with Crippen molar-refractivity contribution in [1.82, 2.24) is 4.90 Å². The van der Waals surface area contributed by atoms with Gasteiger partial charge in [0.05, 0.1) is 13.7 Å². The van der Waals surface area contributed by atoms with Gasteiger partial charge < -0.3 is 15.8 Å². The van der Waals surface area contributed by atoms with Crippen LogP contribution in [0.1, 0.15) is 12.8 Å². The summed E-state index contributed by atoms with van der Waals surface area (Å²) in [5, 5.41) is 2.90. The normalized spacial score (nSPS) is 16.1. The fourth-order valence-electron chi connectivity index (χ4n) is 2.48. The molecule has 2 rings (SSSR count). The van der Waals surface area contributed by atoms with Gasteiger partial charge in [-0.2, -0.15) is 0 Å². The highest BCUT2D eigenvalue weighted by Crippen LogP contribution is 2.18. The Morgan fingerprint density at radius 3 is 2.76 bits per heavy atom. The van der Waals surface area contributed by atoms with Crippen molar-refractivity contribution >= 4 is 24.0 Å². The quantitative estimate of drug-likeness (QED) is 0.868. The Balaban J connectivity index is 0.00000220. The van der Waals surface area contributed by atoms with Crippen molar-refractivity contribution in [2.75, 3.05) is 38.6 Å². The molecule has 118 valence electrons. The van der Waals surface area contributed by atoms with Gasteiger partial charge in [0.25, 0.3) is 0 Å². The molecule has 1 aliphatic rings. The summed E-state index contributed by atoms with van der Waals surface area (Å²) in [5.41, 5.74) is 6.44. The third-order valence-electron chi connectivity index (χ3n) is 3.76. The second-order valence-corrected chi connectivity index (χ2v) is 5.24. The lowest BCUT2D eigenvalue weighted by molar-refractivity contribution is -0.117. The topological polar surface area (TPSA) is 67.6 Å². The molecule has 1 aromatic carbocycles. The smallest absolute Gasteiger partial charge is 0.238 e. The third-order valence-corrected chi connectivity index (χ3v) is 3.76. The summed E-state index contributed by atoms with van der Waals surface area (Å²) in [6.07, 6.45) is 2.17. The van der Waals surface area contributed by atoms with Gasteiger partial charge in [0, 0.05) is 11.8 Å². The second kappa shape index (κ2) is 8.87. The van der Waals surface area contributed by atoms with Crippen molar-refractivity contribution in [1.29, 1.82) is 0 Å². The lowest BCUT2D eigenvalue weighted by Gasteiger charge is -2.30. The van der Waals surface area contributed by atoms with Crippen LogP contribution in [0.2, 0.25) is 0 Å². The monoisotopic (exact) mass is 313 g/mol. The third kappa shape index (κ3) is 5.53. The van der Waals surface area contributed by atoms with Crippen LogP contribution in [0.3, 0.4) is 0 Å². The zero-order valence-electron chi connectivity index (χ0n) is 12.4. The first-order chi connectivity index (χ1) is 9.71. The number of rotatable bonds is 5. The van der Waals surface area contributed by atoms with Crippen molar-refractivity contribution in [2.24, 2.45) is 11.7 Å². The zero-order chi connectivity index (χ0) is 14.4. The number of nitrogens with one attached hydrogen (secondary N) is 1. The molecule has 0 aliphatic carbocycles. The van der Waals surface area contributed by atoms with Crippen LogP contribution in [-0.4, -0.2) is 44.1 Å². The predicted octanol–water partition coefficient (Wildman–Crippen LogP) is 1.73. The standard InChI is InChI=1S/C15H23N3O2.ClH/c1-20-14-4-2-3-13(9-14)17-15(19)11-18-7-5-12(10-16)6-8-18;/h2-4,9,12H,5-8,10-11,16H2,1H3,(H,17,19);1H. The highest BCUT2D eigenvalue weighted by atomic mass is 35.5. The fraction of sp³-hybridized carbons (Fsp3) is 0.533. The summed E-state index contributed by atoms with van der Waals surface area (Å²) in [7, 11) is 1.61. The summed E-state index contributed by atoms with van der Waals surface area (Å²) in [6, 6.07) is 7.40. The average Bonchev–Trinajstić information content (AvgIpc) is 2.48. The maximum Gasteiger partial charge on any atom is 0.238 e. The van der Waals surface area contributed by atoms with Crippen molar-refractivity contribution in [3.8, 4) is 5.75 Å². The van der Waals surface area contributed by atoms with E-state index in [9.17, 15) is 4.79 Å². The van der Waals surface area contributed by atoms with Crippen molar-refractivity contribution < 1.29 is 9.53 Å². The summed E-state index contributed by atoms with van der Waals surface area (Å²) < 4.78 is 5.14. The number of hydrogen-bond acceptors (Lipinski definition) is 4. The second-order valence-electron chi connectivity index (χ2n) is 5.24. The van der Waals surface area contributed by atoms with Crippen molar-refractivity contribution in [2.45, 2.75) is 12.8 Å². The van der Waals surface area contributed by atoms with E-state index in [1.807, 2.05) is 24.3 Å². The van der Waals surface area contributed by atoms with Crippen LogP contribution in [0.25, 0.3) is 0 Å². The van der Waals surface area contributed by atoms with Gasteiger partial charge in [0.2, 0.25) is 5.91 Å². The lowest BCUT2D eigenvalue weighted by Crippen LogP contribution is -2.40. The van der Waals surface area contributed by atoms with E-state index in [4.69, 9.17) is 10.5 Å². The van der Waals surface area contributed by atoms with Crippen molar-refractivity contribution in [3.63, 3.8) is 0 Å². The maximum atomic E-state index is 12.0. The van der Waals surface area contributed by atoms with Gasteiger partial charge >= 0.3 is 0 Å². The molecule has 1 heterocycles. The molecule has 1 aromatic rings. The van der Waals surface area contributed by atoms with Gasteiger partial charge in [0.1, 0.15) is 5.75 Å². The van der Waals surface area contributed by atoms with Crippen LogP contribution >= 0.6 is 12.4 Å². The first-order valence-electron chi connectivity index (χ1n) is 7.07. The molecule has 1 aliphatic heterocycles. The van der Waals surface area contributed by atoms with Gasteiger partial charge in [-0.3, -0.25) is 9.69 Å². The number of carbonyl (C=O) groups is 1. The van der Waals surface area contributed by atoms with Crippen molar-refractivity contribution in [3.05, 3.63) is 24.3 Å². The highest BCUT2D eigenvalue weighted by molar-refractivity contribution is 5.92. The Labute approximate surface area is 132 Å². The van der Waals surface area contributed by atoms with E-state index in [0.29, 0.717) is 12.5 Å². The molecule has 1 fully saturated rings. The Bertz CT molecular complexity index is 448. The number of likely N-dealkylation sites (tertiary alicyclic amines) is 1. The van der Waals surface area contributed by atoms with Crippen LogP contribution in [0.15, 0.2) is 24.3 Å². The van der Waals surface area contributed by atoms with Gasteiger partial charge in [0.15, 0.2) is 0 Å². The van der Waals surface area contributed by atoms with Crippen LogP contribution in [0.5, 0.6) is 5.75 Å². The summed E-state index contributed by atoms with van der Waals surface area (Å²) in [5.74, 6) is 1.38. The number of halogens is 1. The summed E-state index contributed by atoms with van der Waals surface area (Å²) >= 11 is 0. The molecular formula is C15H24ClN3O2. The fourth-order valence-corrected chi connectivity index (χ4v) is 2.48. The van der Waals surface area contributed by atoms with Crippen LogP contribution in [0.4, 0.5) is 5.69 Å². The number of hydrogen-bond donors (Lipinski definition) is 2. The molecular weight excluding hydrogens is 290 g/mol. The SMILES string of the molecule is COc1cccc(NC(=O)CN2CCC(CN)CC2)c1.Cl. The van der Waals surface area contributed by atoms with Gasteiger partial charge in [-0.1, -0.05) is 6.07 Å². The van der Waals surface area contributed by atoms with E-state index in [1.54, 1.807) is 7.11 Å². The molecule has 0 bridgehead atoms. The van der Waals surface area contributed by atoms with E-state index in [1.165, 1.54) is 0 Å². The van der Waals surface area contributed by atoms with E-state index in [-0.39, 0.29) is 18.3 Å². The number of anilines is 1. The number of ether oxygens (including phenoxy) is 1. The van der Waals surface area contributed by atoms with Crippen LogP contribution < -0.4 is 15.8 Å². The van der Waals surface area contributed by atoms with E-state index < -0.39 is 0 Å². The van der Waals surface area contributed by atoms with E-state index in [2.05, 4.69) is 10.2 Å². The van der Waals surface area contributed by atoms with Gasteiger partial charge in [-0.25, -0.2) is 0 Å². The average molecular weight is 314 g/mol. The molecule has 21 heavy (non-hydrogen) atoms. The first-order valence-corrected chi connectivity index (χ1v) is 7.07. The number of nitrogens with two attached hydrogens (primary N) is 1.